The molecule has 0 atom stereocenters. The number of aromatic amines is 1. The molecule has 0 bridgehead atoms. The standard InChI is InChI=1S/C12H7N5O/c13-6-9-10(8-4-2-1-3-5-8)16-12-14-7-15-17(12)11(9)18/h1-5,7H,(H,14,15,16). The Labute approximate surface area is 101 Å². The zero-order chi connectivity index (χ0) is 12.5. The Balaban J connectivity index is 2.43. The van der Waals surface area contributed by atoms with Gasteiger partial charge in [0.05, 0.1) is 5.69 Å². The summed E-state index contributed by atoms with van der Waals surface area (Å²) >= 11 is 0. The van der Waals surface area contributed by atoms with Crippen LogP contribution in [0.25, 0.3) is 17.0 Å². The average molecular weight is 237 g/mol. The first kappa shape index (κ1) is 10.2. The topological polar surface area (TPSA) is 86.8 Å². The van der Waals surface area contributed by atoms with E-state index in [1.165, 1.54) is 6.33 Å². The second-order valence-corrected chi connectivity index (χ2v) is 3.64. The van der Waals surface area contributed by atoms with E-state index in [1.54, 1.807) is 12.1 Å². The number of benzene rings is 1. The largest absolute Gasteiger partial charge is 0.292 e. The van der Waals surface area contributed by atoms with Crippen molar-refractivity contribution in [3.63, 3.8) is 0 Å². The van der Waals surface area contributed by atoms with Crippen molar-refractivity contribution in [2.24, 2.45) is 0 Å². The zero-order valence-electron chi connectivity index (χ0n) is 9.16. The van der Waals surface area contributed by atoms with E-state index in [9.17, 15) is 4.79 Å². The highest BCUT2D eigenvalue weighted by Crippen LogP contribution is 2.18. The maximum absolute atomic E-state index is 12.0. The van der Waals surface area contributed by atoms with E-state index in [0.717, 1.165) is 10.1 Å². The van der Waals surface area contributed by atoms with E-state index in [-0.39, 0.29) is 11.3 Å². The lowest BCUT2D eigenvalue weighted by molar-refractivity contribution is 0.895. The molecule has 3 rings (SSSR count). The lowest BCUT2D eigenvalue weighted by Gasteiger charge is -2.02. The molecule has 86 valence electrons. The monoisotopic (exact) mass is 237 g/mol. The number of hydrogen-bond acceptors (Lipinski definition) is 4. The van der Waals surface area contributed by atoms with Gasteiger partial charge in [0.15, 0.2) is 0 Å². The highest BCUT2D eigenvalue weighted by molar-refractivity contribution is 5.67. The van der Waals surface area contributed by atoms with Crippen molar-refractivity contribution in [1.29, 1.82) is 5.26 Å². The van der Waals surface area contributed by atoms with E-state index >= 15 is 0 Å². The van der Waals surface area contributed by atoms with Crippen LogP contribution in [0.4, 0.5) is 0 Å². The van der Waals surface area contributed by atoms with Gasteiger partial charge in [-0.15, -0.1) is 0 Å². The number of nitrogens with one attached hydrogen (secondary N) is 1. The van der Waals surface area contributed by atoms with Crippen LogP contribution in [0.5, 0.6) is 0 Å². The number of H-pyrrole nitrogens is 1. The molecule has 2 aromatic heterocycles. The van der Waals surface area contributed by atoms with Gasteiger partial charge >= 0.3 is 0 Å². The minimum absolute atomic E-state index is 0.00273. The van der Waals surface area contributed by atoms with Crippen molar-refractivity contribution in [3.8, 4) is 17.3 Å². The summed E-state index contributed by atoms with van der Waals surface area (Å²) in [5.74, 6) is 0.248. The second kappa shape index (κ2) is 3.82. The van der Waals surface area contributed by atoms with Crippen molar-refractivity contribution in [3.05, 3.63) is 52.6 Å². The number of hydrogen-bond donors (Lipinski definition) is 1. The second-order valence-electron chi connectivity index (χ2n) is 3.64. The Morgan fingerprint density at radius 3 is 2.78 bits per heavy atom. The van der Waals surface area contributed by atoms with E-state index < -0.39 is 5.56 Å². The lowest BCUT2D eigenvalue weighted by atomic mass is 10.1. The minimum Gasteiger partial charge on any atom is -0.278 e. The summed E-state index contributed by atoms with van der Waals surface area (Å²) in [6.07, 6.45) is 1.36. The fourth-order valence-corrected chi connectivity index (χ4v) is 1.76. The molecule has 0 aliphatic carbocycles. The van der Waals surface area contributed by atoms with Crippen LogP contribution < -0.4 is 5.56 Å². The van der Waals surface area contributed by atoms with Gasteiger partial charge in [-0.1, -0.05) is 30.3 Å². The van der Waals surface area contributed by atoms with Gasteiger partial charge in [0, 0.05) is 5.56 Å². The van der Waals surface area contributed by atoms with Crippen molar-refractivity contribution in [2.45, 2.75) is 0 Å². The quantitative estimate of drug-likeness (QED) is 0.682. The molecular formula is C12H7N5O. The lowest BCUT2D eigenvalue weighted by Crippen LogP contribution is -2.19. The van der Waals surface area contributed by atoms with Gasteiger partial charge in [0.25, 0.3) is 11.3 Å². The summed E-state index contributed by atoms with van der Waals surface area (Å²) in [5, 5.41) is 11.7. The van der Waals surface area contributed by atoms with Crippen LogP contribution in [0.15, 0.2) is 41.5 Å². The van der Waals surface area contributed by atoms with Gasteiger partial charge in [0.2, 0.25) is 0 Å². The summed E-state index contributed by atoms with van der Waals surface area (Å²) in [6, 6.07) is 11.0. The van der Waals surface area contributed by atoms with Gasteiger partial charge in [-0.25, -0.2) is 9.97 Å². The smallest absolute Gasteiger partial charge is 0.278 e. The molecular weight excluding hydrogens is 230 g/mol. The molecule has 0 radical (unpaired) electrons. The van der Waals surface area contributed by atoms with Crippen molar-refractivity contribution >= 4 is 5.78 Å². The number of fused-ring (bicyclic) bond motifs is 1. The predicted octanol–water partition coefficient (Wildman–Crippen LogP) is 0.956. The SMILES string of the molecule is N#Cc1c(-c2ccccc2)nc2nc[nH]n2c1=O. The number of aromatic nitrogens is 4. The Morgan fingerprint density at radius 1 is 1.28 bits per heavy atom. The third-order valence-corrected chi connectivity index (χ3v) is 2.59. The average Bonchev–Trinajstić information content (AvgIpc) is 2.88. The highest BCUT2D eigenvalue weighted by atomic mass is 16.1. The van der Waals surface area contributed by atoms with E-state index in [0.29, 0.717) is 5.69 Å². The van der Waals surface area contributed by atoms with Gasteiger partial charge in [0.1, 0.15) is 18.0 Å². The molecule has 0 saturated carbocycles. The van der Waals surface area contributed by atoms with Crippen LogP contribution in [-0.4, -0.2) is 19.6 Å². The molecule has 18 heavy (non-hydrogen) atoms. The Bertz CT molecular complexity index is 810. The molecule has 0 aliphatic rings. The molecule has 6 nitrogen and oxygen atoms in total. The first-order valence-corrected chi connectivity index (χ1v) is 5.23. The Morgan fingerprint density at radius 2 is 2.06 bits per heavy atom. The molecule has 0 unspecified atom stereocenters. The number of rotatable bonds is 1. The van der Waals surface area contributed by atoms with Crippen LogP contribution in [0.2, 0.25) is 0 Å². The Kier molecular flexibility index (Phi) is 2.17. The molecule has 0 fully saturated rings. The number of nitrogens with zero attached hydrogens (tertiary/aromatic N) is 4. The first-order chi connectivity index (χ1) is 8.81. The third-order valence-electron chi connectivity index (χ3n) is 2.59. The highest BCUT2D eigenvalue weighted by Gasteiger charge is 2.14. The van der Waals surface area contributed by atoms with Crippen LogP contribution in [0.1, 0.15) is 5.56 Å². The summed E-state index contributed by atoms with van der Waals surface area (Å²) in [7, 11) is 0. The van der Waals surface area contributed by atoms with Gasteiger partial charge in [-0.2, -0.15) is 9.78 Å². The molecule has 2 heterocycles. The summed E-state index contributed by atoms with van der Waals surface area (Å²) in [5.41, 5.74) is 0.633. The molecule has 1 N–H and O–H groups in total. The minimum atomic E-state index is -0.446. The maximum Gasteiger partial charge on any atom is 0.292 e. The molecule has 0 aliphatic heterocycles. The first-order valence-electron chi connectivity index (χ1n) is 5.23. The summed E-state index contributed by atoms with van der Waals surface area (Å²) in [6.45, 7) is 0. The third kappa shape index (κ3) is 1.38. The van der Waals surface area contributed by atoms with Crippen LogP contribution >= 0.6 is 0 Å². The fourth-order valence-electron chi connectivity index (χ4n) is 1.76. The fraction of sp³-hybridized carbons (Fsp3) is 0. The molecule has 0 saturated heterocycles. The van der Waals surface area contributed by atoms with Gasteiger partial charge in [-0.3, -0.25) is 9.89 Å². The molecule has 1 aromatic carbocycles. The van der Waals surface area contributed by atoms with Gasteiger partial charge in [-0.05, 0) is 0 Å². The van der Waals surface area contributed by atoms with Crippen LogP contribution in [0.3, 0.4) is 0 Å². The van der Waals surface area contributed by atoms with Crippen molar-refractivity contribution in [2.75, 3.05) is 0 Å². The molecule has 0 spiro atoms. The van der Waals surface area contributed by atoms with Crippen LogP contribution in [-0.2, 0) is 0 Å². The maximum atomic E-state index is 12.0. The molecule has 3 aromatic rings. The predicted molar refractivity (Wildman–Crippen MR) is 63.8 cm³/mol. The summed E-state index contributed by atoms with van der Waals surface area (Å²) in [4.78, 5) is 20.2. The normalized spacial score (nSPS) is 10.4. The van der Waals surface area contributed by atoms with E-state index in [2.05, 4.69) is 15.1 Å². The Hall–Kier alpha value is -2.94. The van der Waals surface area contributed by atoms with Crippen LogP contribution in [0, 0.1) is 11.3 Å². The van der Waals surface area contributed by atoms with Crippen molar-refractivity contribution < 1.29 is 0 Å². The zero-order valence-corrected chi connectivity index (χ0v) is 9.16. The molecule has 0 amide bonds. The number of nitriles is 1. The van der Waals surface area contributed by atoms with E-state index in [1.807, 2.05) is 24.3 Å². The van der Waals surface area contributed by atoms with Crippen molar-refractivity contribution in [1.82, 2.24) is 19.6 Å². The van der Waals surface area contributed by atoms with E-state index in [4.69, 9.17) is 5.26 Å². The summed E-state index contributed by atoms with van der Waals surface area (Å²) < 4.78 is 1.14. The molecule has 6 heteroatoms. The van der Waals surface area contributed by atoms with Gasteiger partial charge < -0.3 is 0 Å².